The first-order valence-corrected chi connectivity index (χ1v) is 6.07. The molecule has 4 nitrogen and oxygen atoms in total. The smallest absolute Gasteiger partial charge is 0.339 e. The summed E-state index contributed by atoms with van der Waals surface area (Å²) in [5, 5.41) is 0.969. The van der Waals surface area contributed by atoms with Crippen LogP contribution in [0.4, 0.5) is 5.69 Å². The van der Waals surface area contributed by atoms with Gasteiger partial charge in [-0.3, -0.25) is 4.98 Å². The Morgan fingerprint density at radius 3 is 2.63 bits per heavy atom. The van der Waals surface area contributed by atoms with Crippen LogP contribution in [0.15, 0.2) is 30.5 Å². The highest BCUT2D eigenvalue weighted by atomic mass is 35.5. The van der Waals surface area contributed by atoms with Crippen LogP contribution in [-0.4, -0.2) is 18.1 Å². The number of carbonyl (C=O) groups excluding carboxylic acids is 1. The van der Waals surface area contributed by atoms with Crippen molar-refractivity contribution in [2.45, 2.75) is 0 Å². The predicted molar refractivity (Wildman–Crippen MR) is 75.4 cm³/mol. The highest BCUT2D eigenvalue weighted by Crippen LogP contribution is 2.32. The summed E-state index contributed by atoms with van der Waals surface area (Å²) in [5.74, 6) is -0.493. The monoisotopic (exact) mass is 296 g/mol. The number of nitrogens with two attached hydrogens (primary N) is 1. The molecule has 19 heavy (non-hydrogen) atoms. The van der Waals surface area contributed by atoms with Crippen molar-refractivity contribution in [3.05, 3.63) is 46.1 Å². The molecule has 6 heteroatoms. The standard InChI is InChI=1S/C13H10Cl2N2O2/c1-19-13(18)7-4-11(16)12(17-6-7)9-3-2-8(14)5-10(9)15/h2-6H,16H2,1H3. The third-order valence-electron chi connectivity index (χ3n) is 2.52. The van der Waals surface area contributed by atoms with Crippen LogP contribution in [0.2, 0.25) is 10.0 Å². The maximum absolute atomic E-state index is 11.4. The van der Waals surface area contributed by atoms with E-state index >= 15 is 0 Å². The second kappa shape index (κ2) is 5.47. The molecule has 0 spiro atoms. The van der Waals surface area contributed by atoms with Gasteiger partial charge < -0.3 is 10.5 Å². The SMILES string of the molecule is COC(=O)c1cnc(-c2ccc(Cl)cc2Cl)c(N)c1. The lowest BCUT2D eigenvalue weighted by Gasteiger charge is -2.08. The van der Waals surface area contributed by atoms with Gasteiger partial charge in [-0.1, -0.05) is 23.2 Å². The van der Waals surface area contributed by atoms with E-state index in [0.717, 1.165) is 0 Å². The molecule has 0 aliphatic heterocycles. The van der Waals surface area contributed by atoms with E-state index in [1.807, 2.05) is 0 Å². The Labute approximate surface area is 120 Å². The van der Waals surface area contributed by atoms with Gasteiger partial charge in [0.2, 0.25) is 0 Å². The van der Waals surface area contributed by atoms with Crippen LogP contribution >= 0.6 is 23.2 Å². The predicted octanol–water partition coefficient (Wildman–Crippen LogP) is 3.42. The zero-order valence-electron chi connectivity index (χ0n) is 9.98. The maximum atomic E-state index is 11.4. The number of nitrogens with zero attached hydrogens (tertiary/aromatic N) is 1. The lowest BCUT2D eigenvalue weighted by atomic mass is 10.1. The molecule has 0 saturated carbocycles. The average Bonchev–Trinajstić information content (AvgIpc) is 2.38. The number of carbonyl (C=O) groups is 1. The largest absolute Gasteiger partial charge is 0.465 e. The van der Waals surface area contributed by atoms with E-state index in [1.54, 1.807) is 18.2 Å². The molecular weight excluding hydrogens is 287 g/mol. The fourth-order valence-corrected chi connectivity index (χ4v) is 2.12. The Kier molecular flexibility index (Phi) is 3.93. The van der Waals surface area contributed by atoms with Crippen LogP contribution in [0.5, 0.6) is 0 Å². The number of rotatable bonds is 2. The van der Waals surface area contributed by atoms with Crippen LogP contribution < -0.4 is 5.73 Å². The lowest BCUT2D eigenvalue weighted by Crippen LogP contribution is -2.04. The molecule has 2 N–H and O–H groups in total. The third-order valence-corrected chi connectivity index (χ3v) is 3.07. The molecule has 0 aliphatic rings. The molecule has 0 fully saturated rings. The summed E-state index contributed by atoms with van der Waals surface area (Å²) in [5.41, 5.74) is 7.66. The van der Waals surface area contributed by atoms with E-state index in [-0.39, 0.29) is 5.56 Å². The topological polar surface area (TPSA) is 65.2 Å². The van der Waals surface area contributed by atoms with Crippen LogP contribution in [0.3, 0.4) is 0 Å². The van der Waals surface area contributed by atoms with Crippen molar-refractivity contribution in [1.29, 1.82) is 0 Å². The number of hydrogen-bond acceptors (Lipinski definition) is 4. The summed E-state index contributed by atoms with van der Waals surface area (Å²) in [6.07, 6.45) is 1.39. The Balaban J connectivity index is 2.49. The van der Waals surface area contributed by atoms with Crippen molar-refractivity contribution in [2.75, 3.05) is 12.8 Å². The molecule has 2 aromatic rings. The molecule has 0 unspecified atom stereocenters. The minimum Gasteiger partial charge on any atom is -0.465 e. The van der Waals surface area contributed by atoms with E-state index < -0.39 is 5.97 Å². The van der Waals surface area contributed by atoms with Crippen molar-refractivity contribution in [3.8, 4) is 11.3 Å². The summed E-state index contributed by atoms with van der Waals surface area (Å²) >= 11 is 11.9. The number of nitrogen functional groups attached to an aromatic ring is 1. The highest BCUT2D eigenvalue weighted by Gasteiger charge is 2.13. The highest BCUT2D eigenvalue weighted by molar-refractivity contribution is 6.36. The zero-order chi connectivity index (χ0) is 14.0. The second-order valence-corrected chi connectivity index (χ2v) is 4.62. The lowest BCUT2D eigenvalue weighted by molar-refractivity contribution is 0.0600. The van der Waals surface area contributed by atoms with Gasteiger partial charge in [0.05, 0.1) is 29.1 Å². The first-order valence-electron chi connectivity index (χ1n) is 5.32. The van der Waals surface area contributed by atoms with E-state index in [4.69, 9.17) is 28.9 Å². The van der Waals surface area contributed by atoms with Gasteiger partial charge in [-0.05, 0) is 24.3 Å². The summed E-state index contributed by atoms with van der Waals surface area (Å²) in [7, 11) is 1.29. The molecule has 0 aliphatic carbocycles. The summed E-state index contributed by atoms with van der Waals surface area (Å²) in [4.78, 5) is 15.5. The molecule has 0 radical (unpaired) electrons. The van der Waals surface area contributed by atoms with E-state index in [0.29, 0.717) is 27.0 Å². The second-order valence-electron chi connectivity index (χ2n) is 3.78. The van der Waals surface area contributed by atoms with Gasteiger partial charge in [0, 0.05) is 16.8 Å². The Morgan fingerprint density at radius 1 is 1.32 bits per heavy atom. The molecular formula is C13H10Cl2N2O2. The molecule has 0 atom stereocenters. The molecule has 1 heterocycles. The molecule has 0 saturated heterocycles. The molecule has 1 aromatic heterocycles. The number of pyridine rings is 1. The molecule has 2 rings (SSSR count). The van der Waals surface area contributed by atoms with Crippen molar-refractivity contribution in [1.82, 2.24) is 4.98 Å². The third kappa shape index (κ3) is 2.80. The maximum Gasteiger partial charge on any atom is 0.339 e. The summed E-state index contributed by atoms with van der Waals surface area (Å²) in [6, 6.07) is 6.52. The molecule has 98 valence electrons. The van der Waals surface area contributed by atoms with Crippen LogP contribution in [0.25, 0.3) is 11.3 Å². The number of halogens is 2. The Morgan fingerprint density at radius 2 is 2.05 bits per heavy atom. The minimum atomic E-state index is -0.493. The number of benzene rings is 1. The Bertz CT molecular complexity index is 645. The quantitative estimate of drug-likeness (QED) is 0.862. The van der Waals surface area contributed by atoms with Crippen LogP contribution in [0.1, 0.15) is 10.4 Å². The number of hydrogen-bond donors (Lipinski definition) is 1. The van der Waals surface area contributed by atoms with Gasteiger partial charge in [0.1, 0.15) is 0 Å². The van der Waals surface area contributed by atoms with Gasteiger partial charge in [-0.15, -0.1) is 0 Å². The van der Waals surface area contributed by atoms with Gasteiger partial charge in [0.25, 0.3) is 0 Å². The fourth-order valence-electron chi connectivity index (χ4n) is 1.62. The van der Waals surface area contributed by atoms with Gasteiger partial charge in [0.15, 0.2) is 0 Å². The minimum absolute atomic E-state index is 0.286. The van der Waals surface area contributed by atoms with Crippen LogP contribution in [0, 0.1) is 0 Å². The number of methoxy groups -OCH3 is 1. The average molecular weight is 297 g/mol. The fraction of sp³-hybridized carbons (Fsp3) is 0.0769. The summed E-state index contributed by atoms with van der Waals surface area (Å²) < 4.78 is 4.60. The summed E-state index contributed by atoms with van der Waals surface area (Å²) in [6.45, 7) is 0. The Hall–Kier alpha value is -1.78. The number of aromatic nitrogens is 1. The van der Waals surface area contributed by atoms with Crippen molar-refractivity contribution in [2.24, 2.45) is 0 Å². The van der Waals surface area contributed by atoms with Gasteiger partial charge in [-0.25, -0.2) is 4.79 Å². The van der Waals surface area contributed by atoms with Gasteiger partial charge >= 0.3 is 5.97 Å². The van der Waals surface area contributed by atoms with E-state index in [2.05, 4.69) is 9.72 Å². The van der Waals surface area contributed by atoms with E-state index in [9.17, 15) is 4.79 Å². The van der Waals surface area contributed by atoms with Crippen molar-refractivity contribution < 1.29 is 9.53 Å². The zero-order valence-corrected chi connectivity index (χ0v) is 11.5. The number of esters is 1. The van der Waals surface area contributed by atoms with Crippen LogP contribution in [-0.2, 0) is 4.74 Å². The first-order chi connectivity index (χ1) is 9.02. The normalized spacial score (nSPS) is 10.3. The van der Waals surface area contributed by atoms with Gasteiger partial charge in [-0.2, -0.15) is 0 Å². The van der Waals surface area contributed by atoms with E-state index in [1.165, 1.54) is 19.4 Å². The number of anilines is 1. The number of ether oxygens (including phenoxy) is 1. The van der Waals surface area contributed by atoms with Crippen molar-refractivity contribution >= 4 is 34.9 Å². The first kappa shape index (κ1) is 13.6. The van der Waals surface area contributed by atoms with Crippen molar-refractivity contribution in [3.63, 3.8) is 0 Å². The molecule has 0 bridgehead atoms. The molecule has 0 amide bonds. The molecule has 1 aromatic carbocycles.